The molecule has 0 spiro atoms. The lowest BCUT2D eigenvalue weighted by molar-refractivity contribution is 0.340. The molecule has 0 aromatic carbocycles. The van der Waals surface area contributed by atoms with Gasteiger partial charge in [0.2, 0.25) is 0 Å². The molecule has 0 aromatic rings. The van der Waals surface area contributed by atoms with E-state index >= 15 is 0 Å². The third kappa shape index (κ3) is 5.76. The Kier molecular flexibility index (Phi) is 6.22. The van der Waals surface area contributed by atoms with E-state index in [1.165, 1.54) is 5.57 Å². The molecule has 0 fully saturated rings. The first kappa shape index (κ1) is 13.2. The Bertz CT molecular complexity index is 221. The van der Waals surface area contributed by atoms with Crippen molar-refractivity contribution in [3.05, 3.63) is 36.5 Å². The largest absolute Gasteiger partial charge is 0.392 e. The monoisotopic (exact) mass is 194 g/mol. The van der Waals surface area contributed by atoms with E-state index in [1.54, 1.807) is 6.08 Å². The lowest BCUT2D eigenvalue weighted by Gasteiger charge is -2.20. The maximum absolute atomic E-state index is 8.71. The molecule has 1 atom stereocenters. The van der Waals surface area contributed by atoms with Gasteiger partial charge in [-0.3, -0.25) is 0 Å². The van der Waals surface area contributed by atoms with Crippen LogP contribution in [0.5, 0.6) is 0 Å². The van der Waals surface area contributed by atoms with Gasteiger partial charge < -0.3 is 5.11 Å². The van der Waals surface area contributed by atoms with Crippen molar-refractivity contribution >= 4 is 0 Å². The molecule has 0 aliphatic rings. The summed E-state index contributed by atoms with van der Waals surface area (Å²) in [6.07, 6.45) is 10.1. The van der Waals surface area contributed by atoms with E-state index in [0.717, 1.165) is 12.8 Å². The summed E-state index contributed by atoms with van der Waals surface area (Å²) < 4.78 is 0. The number of aliphatic hydroxyl groups is 1. The van der Waals surface area contributed by atoms with Crippen LogP contribution in [0.2, 0.25) is 0 Å². The van der Waals surface area contributed by atoms with Crippen molar-refractivity contribution in [1.82, 2.24) is 0 Å². The van der Waals surface area contributed by atoms with E-state index < -0.39 is 0 Å². The normalized spacial score (nSPS) is 15.1. The summed E-state index contributed by atoms with van der Waals surface area (Å²) in [7, 11) is 0. The van der Waals surface area contributed by atoms with Gasteiger partial charge in [-0.1, -0.05) is 36.8 Å². The summed E-state index contributed by atoms with van der Waals surface area (Å²) in [5, 5.41) is 8.71. The maximum atomic E-state index is 8.71. The predicted molar refractivity (Wildman–Crippen MR) is 63.2 cm³/mol. The molecule has 0 saturated carbocycles. The van der Waals surface area contributed by atoms with E-state index in [4.69, 9.17) is 5.11 Å². The average molecular weight is 194 g/mol. The Morgan fingerprint density at radius 3 is 2.50 bits per heavy atom. The molecular weight excluding hydrogens is 172 g/mol. The quantitative estimate of drug-likeness (QED) is 0.642. The number of hydrogen-bond acceptors (Lipinski definition) is 1. The van der Waals surface area contributed by atoms with Crippen LogP contribution in [0, 0.1) is 5.41 Å². The standard InChI is InChI=1S/C13H22O/c1-5-13(4,10-7-11-14)9-6-8-12(2)3/h5,7-8,10,14H,1,6,9,11H2,2-4H3/b10-7+. The van der Waals surface area contributed by atoms with Crippen LogP contribution in [0.3, 0.4) is 0 Å². The molecule has 1 N–H and O–H groups in total. The van der Waals surface area contributed by atoms with Gasteiger partial charge in [-0.15, -0.1) is 6.58 Å². The molecule has 0 rings (SSSR count). The molecule has 0 aromatic heterocycles. The van der Waals surface area contributed by atoms with Gasteiger partial charge in [-0.25, -0.2) is 0 Å². The highest BCUT2D eigenvalue weighted by molar-refractivity contribution is 5.08. The first-order valence-electron chi connectivity index (χ1n) is 5.09. The van der Waals surface area contributed by atoms with Gasteiger partial charge in [-0.2, -0.15) is 0 Å². The number of rotatable bonds is 6. The molecule has 0 aliphatic carbocycles. The van der Waals surface area contributed by atoms with Gasteiger partial charge in [0.1, 0.15) is 0 Å². The molecule has 0 heterocycles. The van der Waals surface area contributed by atoms with Crippen LogP contribution in [-0.2, 0) is 0 Å². The van der Waals surface area contributed by atoms with Crippen molar-refractivity contribution in [3.8, 4) is 0 Å². The summed E-state index contributed by atoms with van der Waals surface area (Å²) in [6.45, 7) is 10.3. The van der Waals surface area contributed by atoms with E-state index in [9.17, 15) is 0 Å². The number of allylic oxidation sites excluding steroid dienone is 4. The lowest BCUT2D eigenvalue weighted by Crippen LogP contribution is -2.08. The minimum Gasteiger partial charge on any atom is -0.392 e. The van der Waals surface area contributed by atoms with E-state index in [1.807, 2.05) is 12.2 Å². The Hall–Kier alpha value is -0.820. The second-order valence-corrected chi connectivity index (χ2v) is 4.12. The van der Waals surface area contributed by atoms with E-state index in [0.29, 0.717) is 0 Å². The van der Waals surface area contributed by atoms with Crippen molar-refractivity contribution in [1.29, 1.82) is 0 Å². The molecule has 0 aliphatic heterocycles. The molecule has 80 valence electrons. The van der Waals surface area contributed by atoms with Gasteiger partial charge in [-0.05, 0) is 26.7 Å². The Balaban J connectivity index is 4.19. The fraction of sp³-hybridized carbons (Fsp3) is 0.538. The summed E-state index contributed by atoms with van der Waals surface area (Å²) in [4.78, 5) is 0. The Morgan fingerprint density at radius 1 is 1.43 bits per heavy atom. The van der Waals surface area contributed by atoms with Crippen molar-refractivity contribution in [2.45, 2.75) is 33.6 Å². The third-order valence-electron chi connectivity index (χ3n) is 2.31. The van der Waals surface area contributed by atoms with Gasteiger partial charge in [0.25, 0.3) is 0 Å². The minimum absolute atomic E-state index is 0.00861. The molecule has 0 radical (unpaired) electrons. The van der Waals surface area contributed by atoms with Crippen molar-refractivity contribution < 1.29 is 5.11 Å². The summed E-state index contributed by atoms with van der Waals surface area (Å²) >= 11 is 0. The first-order valence-corrected chi connectivity index (χ1v) is 5.09. The molecule has 1 heteroatoms. The third-order valence-corrected chi connectivity index (χ3v) is 2.31. The van der Waals surface area contributed by atoms with Crippen LogP contribution in [-0.4, -0.2) is 11.7 Å². The van der Waals surface area contributed by atoms with E-state index in [2.05, 4.69) is 33.4 Å². The lowest BCUT2D eigenvalue weighted by atomic mass is 9.85. The molecule has 14 heavy (non-hydrogen) atoms. The fourth-order valence-electron chi connectivity index (χ4n) is 1.25. The molecule has 0 amide bonds. The SMILES string of the molecule is C=CC(C)(/C=C/CO)CCC=C(C)C. The summed E-state index contributed by atoms with van der Waals surface area (Å²) in [5.41, 5.74) is 1.36. The van der Waals surface area contributed by atoms with Crippen LogP contribution in [0.4, 0.5) is 0 Å². The highest BCUT2D eigenvalue weighted by Crippen LogP contribution is 2.26. The Labute approximate surface area is 87.8 Å². The Morgan fingerprint density at radius 2 is 2.07 bits per heavy atom. The fourth-order valence-corrected chi connectivity index (χ4v) is 1.25. The number of aliphatic hydroxyl groups excluding tert-OH is 1. The second-order valence-electron chi connectivity index (χ2n) is 4.12. The zero-order chi connectivity index (χ0) is 11.0. The van der Waals surface area contributed by atoms with Crippen LogP contribution < -0.4 is 0 Å². The minimum atomic E-state index is 0.00861. The van der Waals surface area contributed by atoms with Gasteiger partial charge in [0.05, 0.1) is 6.61 Å². The zero-order valence-electron chi connectivity index (χ0n) is 9.59. The van der Waals surface area contributed by atoms with Crippen LogP contribution in [0.1, 0.15) is 33.6 Å². The smallest absolute Gasteiger partial charge is 0.0612 e. The molecule has 1 nitrogen and oxygen atoms in total. The molecular formula is C13H22O. The molecule has 1 unspecified atom stereocenters. The molecule has 0 bridgehead atoms. The maximum Gasteiger partial charge on any atom is 0.0612 e. The van der Waals surface area contributed by atoms with Crippen LogP contribution in [0.15, 0.2) is 36.5 Å². The summed E-state index contributed by atoms with van der Waals surface area (Å²) in [6, 6.07) is 0. The van der Waals surface area contributed by atoms with Crippen LogP contribution in [0.25, 0.3) is 0 Å². The molecule has 0 saturated heterocycles. The topological polar surface area (TPSA) is 20.2 Å². The van der Waals surface area contributed by atoms with Crippen LogP contribution >= 0.6 is 0 Å². The van der Waals surface area contributed by atoms with Gasteiger partial charge in [0.15, 0.2) is 0 Å². The number of hydrogen-bond donors (Lipinski definition) is 1. The van der Waals surface area contributed by atoms with Crippen molar-refractivity contribution in [2.24, 2.45) is 5.41 Å². The van der Waals surface area contributed by atoms with Crippen molar-refractivity contribution in [3.63, 3.8) is 0 Å². The van der Waals surface area contributed by atoms with Gasteiger partial charge in [0, 0.05) is 5.41 Å². The van der Waals surface area contributed by atoms with Crippen molar-refractivity contribution in [2.75, 3.05) is 6.61 Å². The van der Waals surface area contributed by atoms with E-state index in [-0.39, 0.29) is 12.0 Å². The predicted octanol–water partition coefficient (Wildman–Crippen LogP) is 3.47. The zero-order valence-corrected chi connectivity index (χ0v) is 9.59. The highest BCUT2D eigenvalue weighted by Gasteiger charge is 2.14. The first-order chi connectivity index (χ1) is 6.54. The average Bonchev–Trinajstić information content (AvgIpc) is 2.14. The summed E-state index contributed by atoms with van der Waals surface area (Å²) in [5.74, 6) is 0. The highest BCUT2D eigenvalue weighted by atomic mass is 16.2. The van der Waals surface area contributed by atoms with Gasteiger partial charge >= 0.3 is 0 Å². The second kappa shape index (κ2) is 6.61.